The molecule has 1 N–H and O–H groups in total. The number of hydrogen-bond donors (Lipinski definition) is 1. The van der Waals surface area contributed by atoms with E-state index < -0.39 is 0 Å². The summed E-state index contributed by atoms with van der Waals surface area (Å²) >= 11 is 0. The lowest BCUT2D eigenvalue weighted by Crippen LogP contribution is -2.48. The van der Waals surface area contributed by atoms with Crippen molar-refractivity contribution >= 4 is 11.8 Å². The molecule has 1 aliphatic heterocycles. The number of piperidine rings is 1. The molecule has 1 fully saturated rings. The normalized spacial score (nSPS) is 17.1. The minimum absolute atomic E-state index is 0.0947. The number of rotatable bonds is 5. The summed E-state index contributed by atoms with van der Waals surface area (Å²) in [5, 5.41) is 3.04. The van der Waals surface area contributed by atoms with Crippen LogP contribution in [0, 0.1) is 11.3 Å². The summed E-state index contributed by atoms with van der Waals surface area (Å²) < 4.78 is 0. The zero-order valence-corrected chi connectivity index (χ0v) is 14.5. The fraction of sp³-hybridized carbons (Fsp3) is 0.579. The van der Waals surface area contributed by atoms with Crippen molar-refractivity contribution in [3.8, 4) is 0 Å². The lowest BCUT2D eigenvalue weighted by molar-refractivity contribution is -0.140. The molecule has 126 valence electrons. The molecule has 0 radical (unpaired) electrons. The van der Waals surface area contributed by atoms with Crippen LogP contribution in [-0.2, 0) is 16.1 Å². The highest BCUT2D eigenvalue weighted by Gasteiger charge is 2.37. The topological polar surface area (TPSA) is 49.4 Å². The van der Waals surface area contributed by atoms with Crippen molar-refractivity contribution in [1.29, 1.82) is 0 Å². The number of carbonyl (C=O) groups excluding carboxylic acids is 2. The fourth-order valence-electron chi connectivity index (χ4n) is 2.95. The quantitative estimate of drug-likeness (QED) is 0.908. The predicted octanol–water partition coefficient (Wildman–Crippen LogP) is 2.98. The Bertz CT molecular complexity index is 532. The molecule has 0 saturated carbocycles. The number of likely N-dealkylation sites (tertiary alicyclic amines) is 1. The van der Waals surface area contributed by atoms with E-state index in [0.717, 1.165) is 18.4 Å². The van der Waals surface area contributed by atoms with Crippen molar-refractivity contribution in [2.24, 2.45) is 11.3 Å². The minimum atomic E-state index is -0.372. The molecule has 4 heteroatoms. The molecule has 1 heterocycles. The maximum Gasteiger partial charge on any atom is 0.226 e. The molecular weight excluding hydrogens is 288 g/mol. The standard InChI is InChI=1S/C19H28N2O2/c1-15(2)13-17(22)21-11-9-19(3,10-12-21)18(23)20-14-16-7-5-4-6-8-16/h4-8,15H,9-14H2,1-3H3,(H,20,23). The van der Waals surface area contributed by atoms with Crippen molar-refractivity contribution in [3.63, 3.8) is 0 Å². The largest absolute Gasteiger partial charge is 0.352 e. The molecular formula is C19H28N2O2. The average molecular weight is 316 g/mol. The number of nitrogens with one attached hydrogen (secondary N) is 1. The van der Waals surface area contributed by atoms with E-state index in [-0.39, 0.29) is 17.2 Å². The van der Waals surface area contributed by atoms with Crippen molar-refractivity contribution < 1.29 is 9.59 Å². The third-order valence-corrected chi connectivity index (χ3v) is 4.65. The first-order chi connectivity index (χ1) is 10.9. The summed E-state index contributed by atoms with van der Waals surface area (Å²) in [6, 6.07) is 9.94. The third kappa shape index (κ3) is 4.81. The van der Waals surface area contributed by atoms with Gasteiger partial charge >= 0.3 is 0 Å². The Balaban J connectivity index is 1.84. The first-order valence-electron chi connectivity index (χ1n) is 8.51. The highest BCUT2D eigenvalue weighted by molar-refractivity contribution is 5.83. The van der Waals surface area contributed by atoms with Gasteiger partial charge in [0.2, 0.25) is 11.8 Å². The highest BCUT2D eigenvalue weighted by atomic mass is 16.2. The van der Waals surface area contributed by atoms with Crippen LogP contribution in [0.3, 0.4) is 0 Å². The molecule has 1 aliphatic rings. The fourth-order valence-corrected chi connectivity index (χ4v) is 2.95. The molecule has 2 rings (SSSR count). The van der Waals surface area contributed by atoms with E-state index in [1.54, 1.807) is 0 Å². The lowest BCUT2D eigenvalue weighted by atomic mass is 9.79. The van der Waals surface area contributed by atoms with Crippen LogP contribution in [0.1, 0.15) is 45.6 Å². The maximum atomic E-state index is 12.5. The Hall–Kier alpha value is -1.84. The molecule has 0 aliphatic carbocycles. The number of nitrogens with zero attached hydrogens (tertiary/aromatic N) is 1. The Morgan fingerprint density at radius 2 is 1.78 bits per heavy atom. The highest BCUT2D eigenvalue weighted by Crippen LogP contribution is 2.31. The summed E-state index contributed by atoms with van der Waals surface area (Å²) in [7, 11) is 0. The van der Waals surface area contributed by atoms with Gasteiger partial charge in [-0.05, 0) is 24.3 Å². The van der Waals surface area contributed by atoms with E-state index in [1.165, 1.54) is 0 Å². The minimum Gasteiger partial charge on any atom is -0.352 e. The molecule has 1 aromatic carbocycles. The van der Waals surface area contributed by atoms with E-state index in [4.69, 9.17) is 0 Å². The molecule has 23 heavy (non-hydrogen) atoms. The Kier molecular flexibility index (Phi) is 5.80. The van der Waals surface area contributed by atoms with Gasteiger partial charge in [-0.25, -0.2) is 0 Å². The average Bonchev–Trinajstić information content (AvgIpc) is 2.53. The molecule has 1 aromatic rings. The van der Waals surface area contributed by atoms with Crippen LogP contribution in [0.4, 0.5) is 0 Å². The van der Waals surface area contributed by atoms with Crippen LogP contribution in [0.5, 0.6) is 0 Å². The van der Waals surface area contributed by atoms with Gasteiger partial charge in [-0.1, -0.05) is 51.1 Å². The molecule has 0 atom stereocenters. The van der Waals surface area contributed by atoms with Crippen LogP contribution < -0.4 is 5.32 Å². The van der Waals surface area contributed by atoms with Crippen molar-refractivity contribution in [2.75, 3.05) is 13.1 Å². The first-order valence-corrected chi connectivity index (χ1v) is 8.51. The number of benzene rings is 1. The Morgan fingerprint density at radius 3 is 2.35 bits per heavy atom. The summed E-state index contributed by atoms with van der Waals surface area (Å²) in [6.07, 6.45) is 2.06. The van der Waals surface area contributed by atoms with E-state index in [2.05, 4.69) is 19.2 Å². The lowest BCUT2D eigenvalue weighted by Gasteiger charge is -2.38. The van der Waals surface area contributed by atoms with Gasteiger partial charge in [0.1, 0.15) is 0 Å². The van der Waals surface area contributed by atoms with Gasteiger partial charge in [-0.15, -0.1) is 0 Å². The predicted molar refractivity (Wildman–Crippen MR) is 91.7 cm³/mol. The van der Waals surface area contributed by atoms with E-state index in [9.17, 15) is 9.59 Å². The van der Waals surface area contributed by atoms with Crippen molar-refractivity contribution in [2.45, 2.75) is 46.6 Å². The monoisotopic (exact) mass is 316 g/mol. The van der Waals surface area contributed by atoms with Crippen LogP contribution in [0.2, 0.25) is 0 Å². The zero-order chi connectivity index (χ0) is 16.9. The van der Waals surface area contributed by atoms with Gasteiger partial charge in [0.15, 0.2) is 0 Å². The second-order valence-electron chi connectivity index (χ2n) is 7.21. The van der Waals surface area contributed by atoms with Crippen LogP contribution in [0.15, 0.2) is 30.3 Å². The van der Waals surface area contributed by atoms with Crippen LogP contribution >= 0.6 is 0 Å². The molecule has 4 nitrogen and oxygen atoms in total. The summed E-state index contributed by atoms with van der Waals surface area (Å²) in [6.45, 7) is 8.05. The van der Waals surface area contributed by atoms with Crippen molar-refractivity contribution in [1.82, 2.24) is 10.2 Å². The second-order valence-corrected chi connectivity index (χ2v) is 7.21. The molecule has 0 aromatic heterocycles. The first kappa shape index (κ1) is 17.5. The molecule has 2 amide bonds. The smallest absolute Gasteiger partial charge is 0.226 e. The maximum absolute atomic E-state index is 12.5. The van der Waals surface area contributed by atoms with Gasteiger partial charge in [-0.3, -0.25) is 9.59 Å². The van der Waals surface area contributed by atoms with Gasteiger partial charge in [-0.2, -0.15) is 0 Å². The molecule has 0 spiro atoms. The molecule has 1 saturated heterocycles. The summed E-state index contributed by atoms with van der Waals surface area (Å²) in [5.41, 5.74) is 0.734. The number of carbonyl (C=O) groups is 2. The van der Waals surface area contributed by atoms with Gasteiger partial charge < -0.3 is 10.2 Å². The zero-order valence-electron chi connectivity index (χ0n) is 14.5. The number of amides is 2. The second kappa shape index (κ2) is 7.62. The van der Waals surface area contributed by atoms with E-state index in [1.807, 2.05) is 42.2 Å². The Labute approximate surface area is 139 Å². The van der Waals surface area contributed by atoms with Crippen molar-refractivity contribution in [3.05, 3.63) is 35.9 Å². The summed E-state index contributed by atoms with van der Waals surface area (Å²) in [5.74, 6) is 0.689. The molecule has 0 bridgehead atoms. The van der Waals surface area contributed by atoms with E-state index in [0.29, 0.717) is 32.0 Å². The van der Waals surface area contributed by atoms with E-state index >= 15 is 0 Å². The van der Waals surface area contributed by atoms with Gasteiger partial charge in [0, 0.05) is 31.5 Å². The van der Waals surface area contributed by atoms with Crippen LogP contribution in [-0.4, -0.2) is 29.8 Å². The summed E-state index contributed by atoms with van der Waals surface area (Å²) in [4.78, 5) is 26.6. The third-order valence-electron chi connectivity index (χ3n) is 4.65. The molecule has 0 unspecified atom stereocenters. The Morgan fingerprint density at radius 1 is 1.17 bits per heavy atom. The number of hydrogen-bond acceptors (Lipinski definition) is 2. The van der Waals surface area contributed by atoms with Gasteiger partial charge in [0.25, 0.3) is 0 Å². The SMILES string of the molecule is CC(C)CC(=O)N1CCC(C)(C(=O)NCc2ccccc2)CC1. The van der Waals surface area contributed by atoms with Gasteiger partial charge in [0.05, 0.1) is 0 Å². The van der Waals surface area contributed by atoms with Crippen LogP contribution in [0.25, 0.3) is 0 Å².